The number of rotatable bonds is 1. The Morgan fingerprint density at radius 1 is 1.06 bits per heavy atom. The van der Waals surface area contributed by atoms with Gasteiger partial charge in [-0.1, -0.05) is 18.2 Å². The number of hydrogen-bond donors (Lipinski definition) is 0. The van der Waals surface area contributed by atoms with Gasteiger partial charge in [0.1, 0.15) is 5.82 Å². The zero-order valence-electron chi connectivity index (χ0n) is 8.35. The van der Waals surface area contributed by atoms with E-state index in [1.54, 1.807) is 12.3 Å². The first-order valence-corrected chi connectivity index (χ1v) is 5.76. The first-order chi connectivity index (χ1) is 7.84. The fourth-order valence-corrected chi connectivity index (χ4v) is 2.70. The molecule has 16 heavy (non-hydrogen) atoms. The topological polar surface area (TPSA) is 12.9 Å². The van der Waals surface area contributed by atoms with Crippen molar-refractivity contribution in [3.05, 3.63) is 54.5 Å². The molecular formula is C13H8FNS. The summed E-state index contributed by atoms with van der Waals surface area (Å²) in [5, 5.41) is 0.936. The van der Waals surface area contributed by atoms with E-state index in [4.69, 9.17) is 0 Å². The van der Waals surface area contributed by atoms with Crippen LogP contribution in [0.5, 0.6) is 0 Å². The summed E-state index contributed by atoms with van der Waals surface area (Å²) in [5.41, 5.74) is 0.892. The molecule has 0 spiro atoms. The SMILES string of the molecule is Fc1cccc2cc(-c3ccccn3)sc12. The Bertz CT molecular complexity index is 631. The maximum atomic E-state index is 13.5. The lowest BCUT2D eigenvalue weighted by atomic mass is 10.2. The lowest BCUT2D eigenvalue weighted by molar-refractivity contribution is 0.642. The van der Waals surface area contributed by atoms with Gasteiger partial charge in [0, 0.05) is 6.20 Å². The summed E-state index contributed by atoms with van der Waals surface area (Å²) in [5.74, 6) is -0.162. The van der Waals surface area contributed by atoms with Gasteiger partial charge in [-0.3, -0.25) is 4.98 Å². The minimum absolute atomic E-state index is 0.162. The van der Waals surface area contributed by atoms with E-state index < -0.39 is 0 Å². The second-order valence-electron chi connectivity index (χ2n) is 3.48. The van der Waals surface area contributed by atoms with Crippen molar-refractivity contribution in [2.75, 3.05) is 0 Å². The maximum absolute atomic E-state index is 13.5. The van der Waals surface area contributed by atoms with Crippen LogP contribution in [0.3, 0.4) is 0 Å². The van der Waals surface area contributed by atoms with Crippen LogP contribution < -0.4 is 0 Å². The number of pyridine rings is 1. The van der Waals surface area contributed by atoms with Gasteiger partial charge in [-0.25, -0.2) is 4.39 Å². The zero-order chi connectivity index (χ0) is 11.0. The molecule has 0 bridgehead atoms. The Kier molecular flexibility index (Phi) is 2.18. The van der Waals surface area contributed by atoms with Crippen LogP contribution in [-0.4, -0.2) is 4.98 Å². The van der Waals surface area contributed by atoms with Crippen molar-refractivity contribution in [1.82, 2.24) is 4.98 Å². The number of aromatic nitrogens is 1. The van der Waals surface area contributed by atoms with Crippen molar-refractivity contribution in [2.45, 2.75) is 0 Å². The molecule has 0 aliphatic rings. The summed E-state index contributed by atoms with van der Waals surface area (Å²) < 4.78 is 14.2. The highest BCUT2D eigenvalue weighted by molar-refractivity contribution is 7.22. The Morgan fingerprint density at radius 3 is 2.75 bits per heavy atom. The molecule has 3 rings (SSSR count). The smallest absolute Gasteiger partial charge is 0.141 e. The third-order valence-corrected chi connectivity index (χ3v) is 3.60. The predicted molar refractivity (Wildman–Crippen MR) is 65.0 cm³/mol. The molecule has 0 unspecified atom stereocenters. The second kappa shape index (κ2) is 3.68. The summed E-state index contributed by atoms with van der Waals surface area (Å²) in [7, 11) is 0. The first-order valence-electron chi connectivity index (χ1n) is 4.94. The van der Waals surface area contributed by atoms with Crippen LogP contribution in [0.2, 0.25) is 0 Å². The summed E-state index contributed by atoms with van der Waals surface area (Å²) >= 11 is 1.44. The van der Waals surface area contributed by atoms with E-state index >= 15 is 0 Å². The Hall–Kier alpha value is -1.74. The van der Waals surface area contributed by atoms with Crippen molar-refractivity contribution in [2.24, 2.45) is 0 Å². The predicted octanol–water partition coefficient (Wildman–Crippen LogP) is 4.10. The molecule has 3 aromatic rings. The Balaban J connectivity index is 2.23. The zero-order valence-corrected chi connectivity index (χ0v) is 9.17. The number of thiophene rings is 1. The van der Waals surface area contributed by atoms with Crippen LogP contribution in [-0.2, 0) is 0 Å². The van der Waals surface area contributed by atoms with E-state index in [2.05, 4.69) is 4.98 Å². The molecule has 0 N–H and O–H groups in total. The molecule has 2 heterocycles. The Labute approximate surface area is 96.2 Å². The van der Waals surface area contributed by atoms with Crippen molar-refractivity contribution in [1.29, 1.82) is 0 Å². The summed E-state index contributed by atoms with van der Waals surface area (Å²) in [6.07, 6.45) is 1.75. The largest absolute Gasteiger partial charge is 0.255 e. The van der Waals surface area contributed by atoms with Gasteiger partial charge in [-0.05, 0) is 29.7 Å². The molecule has 0 aliphatic carbocycles. The van der Waals surface area contributed by atoms with E-state index in [9.17, 15) is 4.39 Å². The number of benzene rings is 1. The minimum atomic E-state index is -0.162. The van der Waals surface area contributed by atoms with Gasteiger partial charge in [0.2, 0.25) is 0 Å². The normalized spacial score (nSPS) is 10.8. The minimum Gasteiger partial charge on any atom is -0.255 e. The highest BCUT2D eigenvalue weighted by Gasteiger charge is 2.07. The van der Waals surface area contributed by atoms with E-state index in [1.807, 2.05) is 30.3 Å². The van der Waals surface area contributed by atoms with E-state index in [-0.39, 0.29) is 5.82 Å². The maximum Gasteiger partial charge on any atom is 0.141 e. The van der Waals surface area contributed by atoms with Crippen molar-refractivity contribution in [3.8, 4) is 10.6 Å². The molecule has 0 radical (unpaired) electrons. The van der Waals surface area contributed by atoms with Gasteiger partial charge in [0.05, 0.1) is 15.3 Å². The molecule has 1 nitrogen and oxygen atoms in total. The fourth-order valence-electron chi connectivity index (χ4n) is 1.66. The molecule has 0 saturated heterocycles. The number of nitrogens with zero attached hydrogens (tertiary/aromatic N) is 1. The first kappa shape index (κ1) is 9.48. The van der Waals surface area contributed by atoms with Crippen molar-refractivity contribution < 1.29 is 4.39 Å². The molecule has 0 atom stereocenters. The van der Waals surface area contributed by atoms with Gasteiger partial charge in [0.15, 0.2) is 0 Å². The molecule has 0 fully saturated rings. The third kappa shape index (κ3) is 1.49. The third-order valence-electron chi connectivity index (χ3n) is 2.41. The average molecular weight is 229 g/mol. The summed E-state index contributed by atoms with van der Waals surface area (Å²) in [4.78, 5) is 5.26. The summed E-state index contributed by atoms with van der Waals surface area (Å²) in [6, 6.07) is 12.9. The quantitative estimate of drug-likeness (QED) is 0.612. The average Bonchev–Trinajstić information content (AvgIpc) is 2.76. The van der Waals surface area contributed by atoms with Crippen LogP contribution >= 0.6 is 11.3 Å². The van der Waals surface area contributed by atoms with Gasteiger partial charge < -0.3 is 0 Å². The van der Waals surface area contributed by atoms with Gasteiger partial charge in [-0.2, -0.15) is 0 Å². The van der Waals surface area contributed by atoms with Gasteiger partial charge in [-0.15, -0.1) is 11.3 Å². The fraction of sp³-hybridized carbons (Fsp3) is 0. The standard InChI is InChI=1S/C13H8FNS/c14-10-5-3-4-9-8-12(16-13(9)10)11-6-1-2-7-15-11/h1-8H. The van der Waals surface area contributed by atoms with Gasteiger partial charge in [0.25, 0.3) is 0 Å². The van der Waals surface area contributed by atoms with Crippen LogP contribution in [0, 0.1) is 5.82 Å². The van der Waals surface area contributed by atoms with E-state index in [0.29, 0.717) is 4.70 Å². The van der Waals surface area contributed by atoms with E-state index in [0.717, 1.165) is 16.0 Å². The monoisotopic (exact) mass is 229 g/mol. The molecular weight excluding hydrogens is 221 g/mol. The van der Waals surface area contributed by atoms with Gasteiger partial charge >= 0.3 is 0 Å². The van der Waals surface area contributed by atoms with Crippen LogP contribution in [0.15, 0.2) is 48.7 Å². The summed E-state index contributed by atoms with van der Waals surface area (Å²) in [6.45, 7) is 0. The molecule has 78 valence electrons. The highest BCUT2D eigenvalue weighted by atomic mass is 32.1. The second-order valence-corrected chi connectivity index (χ2v) is 4.54. The molecule has 0 aliphatic heterocycles. The Morgan fingerprint density at radius 2 is 2.00 bits per heavy atom. The molecule has 0 amide bonds. The highest BCUT2D eigenvalue weighted by Crippen LogP contribution is 2.33. The molecule has 0 saturated carbocycles. The van der Waals surface area contributed by atoms with Crippen LogP contribution in [0.25, 0.3) is 20.7 Å². The molecule has 2 aromatic heterocycles. The van der Waals surface area contributed by atoms with Crippen molar-refractivity contribution >= 4 is 21.4 Å². The number of halogens is 1. The number of fused-ring (bicyclic) bond motifs is 1. The van der Waals surface area contributed by atoms with Crippen LogP contribution in [0.4, 0.5) is 4.39 Å². The lowest BCUT2D eigenvalue weighted by Gasteiger charge is -1.92. The van der Waals surface area contributed by atoms with Crippen LogP contribution in [0.1, 0.15) is 0 Å². The molecule has 3 heteroatoms. The molecule has 1 aromatic carbocycles. The number of hydrogen-bond acceptors (Lipinski definition) is 2. The van der Waals surface area contributed by atoms with E-state index in [1.165, 1.54) is 17.4 Å². The lowest BCUT2D eigenvalue weighted by Crippen LogP contribution is -1.75. The van der Waals surface area contributed by atoms with Crippen molar-refractivity contribution in [3.63, 3.8) is 0 Å².